The Hall–Kier alpha value is -1.67. The normalized spacial score (nSPS) is 11.9. The van der Waals surface area contributed by atoms with E-state index in [4.69, 9.17) is 0 Å². The Labute approximate surface area is 117 Å². The summed E-state index contributed by atoms with van der Waals surface area (Å²) >= 11 is -1.64. The molecule has 97 valence electrons. The molecule has 1 aromatic heterocycles. The molecule has 5 heteroatoms. The predicted molar refractivity (Wildman–Crippen MR) is 76.0 cm³/mol. The summed E-state index contributed by atoms with van der Waals surface area (Å²) in [5, 5.41) is 0.922. The standard InChI is InChI=1S/C14H15AsN3O/c1-3-15(18-11(2)19)13-9-10-16-14(17-13)12-7-5-4-6-8-12/h4-9H,3H2,1-2H3,(H,18,19). The van der Waals surface area contributed by atoms with Crippen molar-refractivity contribution in [3.63, 3.8) is 0 Å². The van der Waals surface area contributed by atoms with Crippen LogP contribution in [0.2, 0.25) is 5.21 Å². The molecule has 19 heavy (non-hydrogen) atoms. The van der Waals surface area contributed by atoms with Crippen LogP contribution in [0.25, 0.3) is 11.4 Å². The van der Waals surface area contributed by atoms with Crippen LogP contribution in [0, 0.1) is 6.20 Å². The van der Waals surface area contributed by atoms with Crippen LogP contribution in [0.1, 0.15) is 13.8 Å². The van der Waals surface area contributed by atoms with Crippen LogP contribution < -0.4 is 8.72 Å². The first-order valence-electron chi connectivity index (χ1n) is 6.06. The summed E-state index contributed by atoms with van der Waals surface area (Å²) in [6.07, 6.45) is 2.89. The average Bonchev–Trinajstić information content (AvgIpc) is 2.45. The molecule has 1 N–H and O–H groups in total. The van der Waals surface area contributed by atoms with Gasteiger partial charge in [0.25, 0.3) is 0 Å². The van der Waals surface area contributed by atoms with Gasteiger partial charge in [0.2, 0.25) is 0 Å². The SMILES string of the molecule is CC[As](NC(C)=O)c1c[c]nc(-c2ccccc2)n1. The van der Waals surface area contributed by atoms with Crippen LogP contribution in [0.5, 0.6) is 0 Å². The van der Waals surface area contributed by atoms with Gasteiger partial charge < -0.3 is 0 Å². The van der Waals surface area contributed by atoms with E-state index in [1.54, 1.807) is 13.0 Å². The molecule has 0 saturated carbocycles. The zero-order valence-electron chi connectivity index (χ0n) is 10.9. The molecule has 1 aromatic carbocycles. The molecule has 0 aliphatic carbocycles. The molecule has 0 fully saturated rings. The van der Waals surface area contributed by atoms with Gasteiger partial charge in [0.1, 0.15) is 0 Å². The number of amides is 1. The third-order valence-corrected chi connectivity index (χ3v) is 6.70. The summed E-state index contributed by atoms with van der Waals surface area (Å²) in [5.41, 5.74) is 0.966. The van der Waals surface area contributed by atoms with Crippen molar-refractivity contribution in [1.29, 1.82) is 0 Å². The van der Waals surface area contributed by atoms with E-state index < -0.39 is 14.9 Å². The molecule has 4 nitrogen and oxygen atoms in total. The van der Waals surface area contributed by atoms with E-state index in [0.717, 1.165) is 15.3 Å². The van der Waals surface area contributed by atoms with Gasteiger partial charge in [-0.2, -0.15) is 0 Å². The summed E-state index contributed by atoms with van der Waals surface area (Å²) < 4.78 is 3.95. The van der Waals surface area contributed by atoms with E-state index in [1.807, 2.05) is 30.3 Å². The number of nitrogens with one attached hydrogen (secondary N) is 1. The van der Waals surface area contributed by atoms with Crippen molar-refractivity contribution < 1.29 is 4.79 Å². The van der Waals surface area contributed by atoms with Crippen LogP contribution in [-0.2, 0) is 4.79 Å². The number of nitrogens with zero attached hydrogens (tertiary/aromatic N) is 2. The van der Waals surface area contributed by atoms with Gasteiger partial charge in [0.15, 0.2) is 0 Å². The first kappa shape index (κ1) is 13.8. The molecule has 1 amide bonds. The van der Waals surface area contributed by atoms with E-state index in [1.165, 1.54) is 0 Å². The van der Waals surface area contributed by atoms with Crippen LogP contribution in [0.15, 0.2) is 36.4 Å². The minimum absolute atomic E-state index is 0.00160. The van der Waals surface area contributed by atoms with Gasteiger partial charge >= 0.3 is 117 Å². The fourth-order valence-corrected chi connectivity index (χ4v) is 4.61. The van der Waals surface area contributed by atoms with Crippen LogP contribution in [-0.4, -0.2) is 30.8 Å². The molecule has 1 unspecified atom stereocenters. The molecule has 2 rings (SSSR count). The average molecular weight is 316 g/mol. The first-order valence-corrected chi connectivity index (χ1v) is 9.26. The second kappa shape index (κ2) is 6.48. The fourth-order valence-electron chi connectivity index (χ4n) is 1.66. The van der Waals surface area contributed by atoms with Gasteiger partial charge in [-0.25, -0.2) is 0 Å². The van der Waals surface area contributed by atoms with Crippen LogP contribution in [0.3, 0.4) is 0 Å². The number of carbonyl (C=O) groups excluding carboxylic acids is 1. The summed E-state index contributed by atoms with van der Waals surface area (Å²) in [6.45, 7) is 3.61. The van der Waals surface area contributed by atoms with E-state index in [9.17, 15) is 4.79 Å². The minimum atomic E-state index is -1.64. The third kappa shape index (κ3) is 3.64. The Balaban J connectivity index is 2.31. The molecule has 0 aliphatic heterocycles. The topological polar surface area (TPSA) is 54.9 Å². The summed E-state index contributed by atoms with van der Waals surface area (Å²) in [5.74, 6) is 0.665. The van der Waals surface area contributed by atoms with Crippen molar-refractivity contribution in [2.24, 2.45) is 0 Å². The number of hydrogen-bond acceptors (Lipinski definition) is 3. The van der Waals surface area contributed by atoms with Crippen LogP contribution >= 0.6 is 0 Å². The Morgan fingerprint density at radius 3 is 2.74 bits per heavy atom. The van der Waals surface area contributed by atoms with E-state index in [0.29, 0.717) is 5.82 Å². The second-order valence-electron chi connectivity index (χ2n) is 3.96. The molecule has 1 heterocycles. The summed E-state index contributed by atoms with van der Waals surface area (Å²) in [6, 6.07) is 11.6. The zero-order valence-corrected chi connectivity index (χ0v) is 12.8. The van der Waals surface area contributed by atoms with Crippen molar-refractivity contribution >= 4 is 25.3 Å². The molecule has 1 radical (unpaired) electrons. The van der Waals surface area contributed by atoms with E-state index >= 15 is 0 Å². The van der Waals surface area contributed by atoms with Gasteiger partial charge in [0.05, 0.1) is 0 Å². The van der Waals surface area contributed by atoms with Gasteiger partial charge in [-0.15, -0.1) is 0 Å². The Kier molecular flexibility index (Phi) is 4.69. The molecular formula is C14H15AsN3O. The third-order valence-electron chi connectivity index (χ3n) is 2.50. The van der Waals surface area contributed by atoms with Gasteiger partial charge in [-0.1, -0.05) is 0 Å². The molecule has 0 aliphatic rings. The summed E-state index contributed by atoms with van der Waals surface area (Å²) in [7, 11) is 0. The molecule has 0 saturated heterocycles. The van der Waals surface area contributed by atoms with Gasteiger partial charge in [-0.05, 0) is 0 Å². The van der Waals surface area contributed by atoms with Gasteiger partial charge in [0, 0.05) is 0 Å². The number of hydrogen-bond donors (Lipinski definition) is 1. The maximum atomic E-state index is 11.2. The van der Waals surface area contributed by atoms with Crippen LogP contribution in [0.4, 0.5) is 0 Å². The maximum absolute atomic E-state index is 11.2. The quantitative estimate of drug-likeness (QED) is 0.865. The molecule has 0 bridgehead atoms. The van der Waals surface area contributed by atoms with E-state index in [2.05, 4.69) is 27.3 Å². The summed E-state index contributed by atoms with van der Waals surface area (Å²) in [4.78, 5) is 20.0. The molecule has 1 atom stereocenters. The monoisotopic (exact) mass is 316 g/mol. The zero-order chi connectivity index (χ0) is 13.7. The Morgan fingerprint density at radius 2 is 2.11 bits per heavy atom. The van der Waals surface area contributed by atoms with Crippen molar-refractivity contribution in [3.05, 3.63) is 42.6 Å². The van der Waals surface area contributed by atoms with Crippen molar-refractivity contribution in [2.75, 3.05) is 0 Å². The van der Waals surface area contributed by atoms with Crippen molar-refractivity contribution in [2.45, 2.75) is 19.1 Å². The van der Waals surface area contributed by atoms with Crippen molar-refractivity contribution in [3.8, 4) is 11.4 Å². The Morgan fingerprint density at radius 1 is 1.37 bits per heavy atom. The molecule has 2 aromatic rings. The van der Waals surface area contributed by atoms with E-state index in [-0.39, 0.29) is 5.91 Å². The van der Waals surface area contributed by atoms with Gasteiger partial charge in [-0.3, -0.25) is 0 Å². The Bertz CT molecular complexity index is 560. The number of aromatic nitrogens is 2. The first-order chi connectivity index (χ1) is 9.20. The predicted octanol–water partition coefficient (Wildman–Crippen LogP) is 1.30. The second-order valence-corrected chi connectivity index (χ2v) is 8.51. The molecule has 0 spiro atoms. The number of carbonyl (C=O) groups is 1. The van der Waals surface area contributed by atoms with Crippen molar-refractivity contribution in [1.82, 2.24) is 14.2 Å². The molecular weight excluding hydrogens is 301 g/mol. The number of benzene rings is 1. The fraction of sp³-hybridized carbons (Fsp3) is 0.214. The number of rotatable bonds is 4.